The molecule has 18 nitrogen and oxygen atoms in total. The Morgan fingerprint density at radius 3 is 2.28 bits per heavy atom. The van der Waals surface area contributed by atoms with Crippen LogP contribution in [0.15, 0.2) is 59.6 Å². The number of piperazine rings is 1. The molecule has 1 saturated heterocycles. The second-order valence-electron chi connectivity index (χ2n) is 20.0. The predicted molar refractivity (Wildman–Crippen MR) is 286 cm³/mol. The molecule has 0 unspecified atom stereocenters. The first-order valence-corrected chi connectivity index (χ1v) is 25.8. The van der Waals surface area contributed by atoms with Gasteiger partial charge in [-0.2, -0.15) is 5.10 Å². The molecule has 9 atom stereocenters. The molecule has 74 heavy (non-hydrogen) atoms. The van der Waals surface area contributed by atoms with Gasteiger partial charge >= 0.3 is 11.8 Å². The average molecular weight is 1040 g/mol. The van der Waals surface area contributed by atoms with Crippen LogP contribution < -0.4 is 15.8 Å². The van der Waals surface area contributed by atoms with E-state index in [-0.39, 0.29) is 44.5 Å². The van der Waals surface area contributed by atoms with Gasteiger partial charge in [-0.1, -0.05) is 77.9 Å². The number of methoxy groups -OCH3 is 1. The molecule has 2 fully saturated rings. The lowest BCUT2D eigenvalue weighted by Crippen LogP contribution is -2.47. The number of carbonyl (C=O) groups excluding carboxylic acids is 3. The van der Waals surface area contributed by atoms with E-state index >= 15 is 0 Å². The highest BCUT2D eigenvalue weighted by molar-refractivity contribution is 7.80. The average Bonchev–Trinajstić information content (AvgIpc) is 4.02. The Balaban J connectivity index is 0.000000717. The van der Waals surface area contributed by atoms with Crippen molar-refractivity contribution in [3.63, 3.8) is 0 Å². The molecule has 1 aliphatic carbocycles. The van der Waals surface area contributed by atoms with Gasteiger partial charge in [0.15, 0.2) is 5.75 Å². The van der Waals surface area contributed by atoms with Crippen LogP contribution in [0.1, 0.15) is 114 Å². The number of fused-ring (bicyclic) bond motifs is 14. The van der Waals surface area contributed by atoms with Crippen LogP contribution in [0.25, 0.3) is 10.8 Å². The minimum atomic E-state index is -2.04. The number of hydrazone groups is 1. The number of nitrogens with one attached hydrogen (secondary N) is 1. The van der Waals surface area contributed by atoms with E-state index in [1.807, 2.05) is 24.1 Å². The van der Waals surface area contributed by atoms with Gasteiger partial charge in [-0.15, -0.1) is 0 Å². The number of hydrogen-bond acceptors (Lipinski definition) is 17. The molecule has 5 heterocycles. The van der Waals surface area contributed by atoms with Crippen molar-refractivity contribution in [3.8, 4) is 23.0 Å². The number of ether oxygens (including phenoxy) is 4. The quantitative estimate of drug-likeness (QED) is 0.0416. The maximum absolute atomic E-state index is 14.5. The number of Topliss-reactive ketones (excluding diaryl/α,β-unsaturated/α-hetero) is 1. The largest absolute Gasteiger partial charge is 0.507 e. The SMILES string of the molecule is CCc1cc(C(N)=S)ccn1.CO[C@H]1/C=C/O[C@@]2(C)Oc3c(C)c(O)c4c(O)c(c(/C=N\N5CCN(C6CCCC6)CC5)c(O)c4c3C2=O)NC(=O)/C(C)=C\C=C\[C@@H](C)[C@H](O)[C@@H](C)[C@H](O)[C@@H](C)[C@H](OC(C)=O)[C@@H]1C. The molecule has 8 N–H and O–H groups in total. The van der Waals surface area contributed by atoms with E-state index in [1.54, 1.807) is 46.0 Å². The highest BCUT2D eigenvalue weighted by Crippen LogP contribution is 2.55. The number of aromatic nitrogens is 1. The van der Waals surface area contributed by atoms with Crippen LogP contribution >= 0.6 is 12.2 Å². The van der Waals surface area contributed by atoms with Gasteiger partial charge in [0.1, 0.15) is 28.3 Å². The number of rotatable bonds is 7. The lowest BCUT2D eigenvalue weighted by atomic mass is 9.78. The number of phenolic OH excluding ortho intramolecular Hbond substituents is 3. The second-order valence-corrected chi connectivity index (χ2v) is 20.5. The molecule has 0 radical (unpaired) electrons. The van der Waals surface area contributed by atoms with Crippen molar-refractivity contribution in [2.24, 2.45) is 34.5 Å². The van der Waals surface area contributed by atoms with Crippen molar-refractivity contribution in [2.75, 3.05) is 38.6 Å². The maximum Gasteiger partial charge on any atom is 0.312 e. The maximum atomic E-state index is 14.5. The van der Waals surface area contributed by atoms with Crippen LogP contribution in [0.3, 0.4) is 0 Å². The van der Waals surface area contributed by atoms with E-state index < -0.39 is 88.8 Å². The summed E-state index contributed by atoms with van der Waals surface area (Å²) < 4.78 is 23.7. The summed E-state index contributed by atoms with van der Waals surface area (Å²) >= 11 is 4.82. The molecule has 1 aromatic heterocycles. The monoisotopic (exact) mass is 1040 g/mol. The molecular formula is C55H74N6O12S. The topological polar surface area (TPSA) is 259 Å². The standard InChI is InChI=1S/C47H64N4O12.C8H10N2S/c1-24-13-12-14-25(2)46(59)49-37-32(23-48-51-20-18-50(19-21-51)31-15-10-11-16-31)41(56)34-35(42(37)57)40(55)29(6)44-36(34)45(58)47(8,63-44)61-22-17-33(60-9)26(3)43(62-30(7)52)28(5)39(54)27(4)38(24)53;1-2-7-5-6(8(9)11)3-4-10-7/h12-14,17,22-24,26-28,31,33,38-39,43,53-57H,10-11,15-16,18-21H2,1-9H3,(H,49,59);3-5H,2H2,1H3,(H2,9,11)/b13-12+,22-17+,25-14-,48-23-;/t24-,26-,27-,28-,33+,38+,39+,43-,47+;/m1./s1. The lowest BCUT2D eigenvalue weighted by molar-refractivity contribution is -0.160. The molecule has 3 aromatic rings. The summed E-state index contributed by atoms with van der Waals surface area (Å²) in [6, 6.07) is 4.29. The summed E-state index contributed by atoms with van der Waals surface area (Å²) in [5.74, 6) is -8.28. The van der Waals surface area contributed by atoms with Crippen molar-refractivity contribution in [2.45, 2.75) is 131 Å². The van der Waals surface area contributed by atoms with Gasteiger partial charge in [0.05, 0.1) is 53.0 Å². The molecule has 5 aliphatic rings. The van der Waals surface area contributed by atoms with Gasteiger partial charge in [-0.25, -0.2) is 0 Å². The third-order valence-corrected chi connectivity index (χ3v) is 15.2. The van der Waals surface area contributed by atoms with E-state index in [2.05, 4.69) is 20.3 Å². The minimum absolute atomic E-state index is 0.0631. The van der Waals surface area contributed by atoms with E-state index in [9.17, 15) is 39.9 Å². The highest BCUT2D eigenvalue weighted by Gasteiger charge is 2.50. The smallest absolute Gasteiger partial charge is 0.312 e. The summed E-state index contributed by atoms with van der Waals surface area (Å²) in [6.45, 7) is 17.4. The number of hydrogen-bond donors (Lipinski definition) is 7. The third kappa shape index (κ3) is 12.3. The number of allylic oxidation sites excluding steroid dienone is 2. The van der Waals surface area contributed by atoms with Crippen LogP contribution in [0.5, 0.6) is 23.0 Å². The number of thiocarbonyl (C=S) groups is 1. The third-order valence-electron chi connectivity index (χ3n) is 15.0. The second kappa shape index (κ2) is 24.5. The van der Waals surface area contributed by atoms with Gasteiger partial charge < -0.3 is 55.5 Å². The highest BCUT2D eigenvalue weighted by atomic mass is 32.1. The first-order valence-electron chi connectivity index (χ1n) is 25.4. The Bertz CT molecular complexity index is 2700. The van der Waals surface area contributed by atoms with Crippen LogP contribution in [-0.2, 0) is 30.2 Å². The summed E-state index contributed by atoms with van der Waals surface area (Å²) in [7, 11) is 1.44. The van der Waals surface area contributed by atoms with Gasteiger partial charge in [0, 0.05) is 111 Å². The van der Waals surface area contributed by atoms with Gasteiger partial charge in [0.2, 0.25) is 0 Å². The number of aliphatic hydroxyl groups is 2. The van der Waals surface area contributed by atoms with Gasteiger partial charge in [-0.3, -0.25) is 29.3 Å². The molecule has 2 aromatic carbocycles. The number of nitrogens with zero attached hydrogens (tertiary/aromatic N) is 4. The normalized spacial score (nSPS) is 29.0. The lowest BCUT2D eigenvalue weighted by Gasteiger charge is -2.38. The fourth-order valence-electron chi connectivity index (χ4n) is 10.3. The molecule has 1 amide bonds. The number of aliphatic hydroxyl groups excluding tert-OH is 2. The Kier molecular flexibility index (Phi) is 18.9. The number of esters is 1. The van der Waals surface area contributed by atoms with Crippen LogP contribution in [0.4, 0.5) is 5.69 Å². The van der Waals surface area contributed by atoms with Crippen LogP contribution in [0, 0.1) is 30.6 Å². The zero-order valence-corrected chi connectivity index (χ0v) is 44.9. The van der Waals surface area contributed by atoms with Crippen molar-refractivity contribution in [1.82, 2.24) is 14.9 Å². The number of aromatic hydroxyl groups is 3. The molecule has 0 spiro atoms. The molecule has 1 saturated carbocycles. The van der Waals surface area contributed by atoms with Crippen LogP contribution in [0.2, 0.25) is 0 Å². The van der Waals surface area contributed by atoms with E-state index in [0.717, 1.165) is 30.8 Å². The Morgan fingerprint density at radius 1 is 0.986 bits per heavy atom. The summed E-state index contributed by atoms with van der Waals surface area (Å²) in [5, 5.41) is 67.6. The van der Waals surface area contributed by atoms with Gasteiger partial charge in [0.25, 0.3) is 11.7 Å². The van der Waals surface area contributed by atoms with E-state index in [4.69, 9.17) is 36.9 Å². The van der Waals surface area contributed by atoms with Crippen molar-refractivity contribution in [1.29, 1.82) is 0 Å². The molecule has 8 rings (SSSR count). The zero-order valence-electron chi connectivity index (χ0n) is 44.1. The number of benzene rings is 2. The fraction of sp³-hybridized carbons (Fsp3) is 0.527. The number of carbonyl (C=O) groups is 3. The Morgan fingerprint density at radius 2 is 1.66 bits per heavy atom. The number of pyridine rings is 1. The number of anilines is 1. The first-order chi connectivity index (χ1) is 35.0. The van der Waals surface area contributed by atoms with Crippen molar-refractivity contribution < 1.29 is 58.9 Å². The van der Waals surface area contributed by atoms with Crippen LogP contribution in [-0.4, -0.2) is 139 Å². The Hall–Kier alpha value is -6.12. The van der Waals surface area contributed by atoms with E-state index in [0.29, 0.717) is 24.1 Å². The minimum Gasteiger partial charge on any atom is -0.507 e. The van der Waals surface area contributed by atoms with Crippen molar-refractivity contribution in [3.05, 3.63) is 82.4 Å². The zero-order chi connectivity index (χ0) is 54.3. The molecule has 402 valence electrons. The van der Waals surface area contributed by atoms with Crippen molar-refractivity contribution >= 4 is 57.5 Å². The molecular weight excluding hydrogens is 969 g/mol. The molecule has 5 bridgehead atoms. The summed E-state index contributed by atoms with van der Waals surface area (Å²) in [5.41, 5.74) is 7.07. The summed E-state index contributed by atoms with van der Waals surface area (Å²) in [4.78, 5) is 47.8. The number of phenols is 3. The number of ketones is 1. The predicted octanol–water partition coefficient (Wildman–Crippen LogP) is 6.93. The number of nitrogens with two attached hydrogens (primary N) is 1. The number of aryl methyl sites for hydroxylation is 1. The summed E-state index contributed by atoms with van der Waals surface area (Å²) in [6.07, 6.45) is 12.4. The number of amides is 1. The van der Waals surface area contributed by atoms with Gasteiger partial charge in [-0.05, 0) is 51.3 Å². The fourth-order valence-corrected chi connectivity index (χ4v) is 10.4. The Labute approximate surface area is 438 Å². The first kappa shape index (κ1) is 57.2. The molecule has 19 heteroatoms. The molecule has 4 aliphatic heterocycles. The van der Waals surface area contributed by atoms with E-state index in [1.165, 1.54) is 85.1 Å².